The Morgan fingerprint density at radius 3 is 2.64 bits per heavy atom. The van der Waals surface area contributed by atoms with E-state index in [-0.39, 0.29) is 28.7 Å². The van der Waals surface area contributed by atoms with E-state index in [1.54, 1.807) is 4.57 Å². The number of aromatic nitrogens is 4. The molecule has 180 valence electrons. The van der Waals surface area contributed by atoms with Gasteiger partial charge in [0.1, 0.15) is 23.3 Å². The van der Waals surface area contributed by atoms with Crippen molar-refractivity contribution in [3.8, 4) is 11.8 Å². The minimum atomic E-state index is -0.537. The lowest BCUT2D eigenvalue weighted by Crippen LogP contribution is -2.28. The molecule has 0 radical (unpaired) electrons. The quantitative estimate of drug-likeness (QED) is 0.337. The second-order valence-corrected chi connectivity index (χ2v) is 8.50. The predicted molar refractivity (Wildman–Crippen MR) is 140 cm³/mol. The molecule has 5 rings (SSSR count). The number of benzene rings is 2. The fourth-order valence-corrected chi connectivity index (χ4v) is 4.48. The van der Waals surface area contributed by atoms with E-state index in [0.717, 1.165) is 30.6 Å². The summed E-state index contributed by atoms with van der Waals surface area (Å²) in [7, 11) is 0. The molecule has 1 aliphatic heterocycles. The van der Waals surface area contributed by atoms with Gasteiger partial charge in [-0.15, -0.1) is 0 Å². The molecule has 2 aromatic heterocycles. The van der Waals surface area contributed by atoms with Crippen LogP contribution in [-0.2, 0) is 0 Å². The Labute approximate surface area is 207 Å². The van der Waals surface area contributed by atoms with Gasteiger partial charge < -0.3 is 22.1 Å². The SMILES string of the molecule is CC(Nc1nc(N)nc(N)c1C#N)c1nc2cccc(C3=CCNCC3)c2c(=O)n1-c1ccccc1. The van der Waals surface area contributed by atoms with E-state index < -0.39 is 6.04 Å². The first-order chi connectivity index (χ1) is 17.5. The maximum Gasteiger partial charge on any atom is 0.266 e. The third kappa shape index (κ3) is 4.12. The highest BCUT2D eigenvalue weighted by atomic mass is 16.1. The number of nitrogen functional groups attached to an aromatic ring is 2. The Hall–Kier alpha value is -4.75. The summed E-state index contributed by atoms with van der Waals surface area (Å²) >= 11 is 0. The zero-order valence-corrected chi connectivity index (χ0v) is 19.7. The molecule has 0 spiro atoms. The van der Waals surface area contributed by atoms with Gasteiger partial charge >= 0.3 is 0 Å². The maximum absolute atomic E-state index is 14.1. The summed E-state index contributed by atoms with van der Waals surface area (Å²) in [5, 5.41) is 16.6. The number of hydrogen-bond donors (Lipinski definition) is 4. The van der Waals surface area contributed by atoms with Crippen LogP contribution in [-0.4, -0.2) is 32.6 Å². The van der Waals surface area contributed by atoms with Crippen LogP contribution >= 0.6 is 0 Å². The summed E-state index contributed by atoms with van der Waals surface area (Å²) in [6, 6.07) is 16.6. The molecule has 0 saturated carbocycles. The van der Waals surface area contributed by atoms with Crippen LogP contribution in [0.25, 0.3) is 22.2 Å². The number of nitrogens with two attached hydrogens (primary N) is 2. The average Bonchev–Trinajstić information content (AvgIpc) is 2.89. The highest BCUT2D eigenvalue weighted by Gasteiger charge is 2.22. The number of nitrogens with one attached hydrogen (secondary N) is 2. The maximum atomic E-state index is 14.1. The Balaban J connectivity index is 1.72. The molecule has 0 bridgehead atoms. The third-order valence-corrected chi connectivity index (χ3v) is 6.15. The van der Waals surface area contributed by atoms with Crippen LogP contribution in [0.15, 0.2) is 59.4 Å². The Morgan fingerprint density at radius 2 is 1.92 bits per heavy atom. The first-order valence-corrected chi connectivity index (χ1v) is 11.6. The van der Waals surface area contributed by atoms with Crippen LogP contribution in [0.1, 0.15) is 36.3 Å². The first-order valence-electron chi connectivity index (χ1n) is 11.6. The van der Waals surface area contributed by atoms with Crippen molar-refractivity contribution in [2.45, 2.75) is 19.4 Å². The molecule has 0 amide bonds. The van der Waals surface area contributed by atoms with Crippen molar-refractivity contribution in [3.05, 3.63) is 81.9 Å². The third-order valence-electron chi connectivity index (χ3n) is 6.15. The highest BCUT2D eigenvalue weighted by Crippen LogP contribution is 2.29. The molecule has 4 aromatic rings. The summed E-state index contributed by atoms with van der Waals surface area (Å²) in [6.45, 7) is 3.45. The zero-order chi connectivity index (χ0) is 25.2. The lowest BCUT2D eigenvalue weighted by atomic mass is 9.96. The van der Waals surface area contributed by atoms with Crippen molar-refractivity contribution in [1.82, 2.24) is 24.8 Å². The minimum absolute atomic E-state index is 0.0218. The number of para-hydroxylation sites is 1. The van der Waals surface area contributed by atoms with Crippen molar-refractivity contribution in [2.24, 2.45) is 0 Å². The fraction of sp³-hybridized carbons (Fsp3) is 0.192. The van der Waals surface area contributed by atoms with E-state index >= 15 is 0 Å². The predicted octanol–water partition coefficient (Wildman–Crippen LogP) is 2.76. The summed E-state index contributed by atoms with van der Waals surface area (Å²) in [5.41, 5.74) is 14.8. The van der Waals surface area contributed by atoms with Gasteiger partial charge in [0.25, 0.3) is 5.56 Å². The lowest BCUT2D eigenvalue weighted by Gasteiger charge is -2.22. The van der Waals surface area contributed by atoms with Crippen molar-refractivity contribution < 1.29 is 0 Å². The van der Waals surface area contributed by atoms with E-state index in [1.807, 2.05) is 61.5 Å². The van der Waals surface area contributed by atoms with Gasteiger partial charge in [0.05, 0.1) is 22.6 Å². The van der Waals surface area contributed by atoms with Crippen LogP contribution in [0.2, 0.25) is 0 Å². The fourth-order valence-electron chi connectivity index (χ4n) is 4.48. The van der Waals surface area contributed by atoms with E-state index in [4.69, 9.17) is 16.5 Å². The van der Waals surface area contributed by atoms with Crippen LogP contribution in [0.3, 0.4) is 0 Å². The molecule has 2 aromatic carbocycles. The standard InChI is InChI=1S/C26H25N9O/c1-15(31-23-19(14-27)22(28)33-26(29)34-23)24-32-20-9-5-8-18(16-10-12-30-13-11-16)21(20)25(36)35(24)17-6-3-2-4-7-17/h2-10,15,30H,11-13H2,1H3,(H5,28,29,31,33,34). The largest absolute Gasteiger partial charge is 0.382 e. The molecule has 0 aliphatic carbocycles. The highest BCUT2D eigenvalue weighted by molar-refractivity contribution is 5.91. The molecule has 10 heteroatoms. The molecule has 1 aliphatic rings. The summed E-state index contributed by atoms with van der Waals surface area (Å²) in [4.78, 5) is 27.1. The average molecular weight is 480 g/mol. The second kappa shape index (κ2) is 9.48. The molecule has 1 atom stereocenters. The molecule has 6 N–H and O–H groups in total. The number of fused-ring (bicyclic) bond motifs is 1. The van der Waals surface area contributed by atoms with Gasteiger partial charge in [-0.05, 0) is 49.2 Å². The summed E-state index contributed by atoms with van der Waals surface area (Å²) < 4.78 is 1.60. The van der Waals surface area contributed by atoms with Crippen LogP contribution < -0.4 is 27.7 Å². The van der Waals surface area contributed by atoms with Crippen LogP contribution in [0.5, 0.6) is 0 Å². The van der Waals surface area contributed by atoms with Crippen molar-refractivity contribution in [2.75, 3.05) is 29.9 Å². The van der Waals surface area contributed by atoms with Gasteiger partial charge in [-0.3, -0.25) is 9.36 Å². The number of rotatable bonds is 5. The summed E-state index contributed by atoms with van der Waals surface area (Å²) in [5.74, 6) is 0.548. The summed E-state index contributed by atoms with van der Waals surface area (Å²) in [6.07, 6.45) is 2.95. The normalized spacial score (nSPS) is 14.2. The molecule has 10 nitrogen and oxygen atoms in total. The Morgan fingerprint density at radius 1 is 1.11 bits per heavy atom. The van der Waals surface area contributed by atoms with Gasteiger partial charge in [-0.25, -0.2) is 4.98 Å². The van der Waals surface area contributed by atoms with Crippen LogP contribution in [0, 0.1) is 11.3 Å². The van der Waals surface area contributed by atoms with Crippen molar-refractivity contribution >= 4 is 34.1 Å². The number of hydrogen-bond acceptors (Lipinski definition) is 9. The zero-order valence-electron chi connectivity index (χ0n) is 19.7. The number of anilines is 3. The molecule has 0 saturated heterocycles. The minimum Gasteiger partial charge on any atom is -0.382 e. The van der Waals surface area contributed by atoms with E-state index in [1.165, 1.54) is 0 Å². The smallest absolute Gasteiger partial charge is 0.266 e. The molecule has 0 fully saturated rings. The van der Waals surface area contributed by atoms with Gasteiger partial charge in [0, 0.05) is 6.54 Å². The molecule has 3 heterocycles. The van der Waals surface area contributed by atoms with Gasteiger partial charge in [0.2, 0.25) is 5.95 Å². The molecule has 36 heavy (non-hydrogen) atoms. The van der Waals surface area contributed by atoms with Crippen LogP contribution in [0.4, 0.5) is 17.6 Å². The first kappa shape index (κ1) is 23.0. The number of nitrogens with zero attached hydrogens (tertiary/aromatic N) is 5. The van der Waals surface area contributed by atoms with Gasteiger partial charge in [-0.1, -0.05) is 36.4 Å². The molecule has 1 unspecified atom stereocenters. The molecular formula is C26H25N9O. The van der Waals surface area contributed by atoms with E-state index in [0.29, 0.717) is 22.4 Å². The molecular weight excluding hydrogens is 454 g/mol. The van der Waals surface area contributed by atoms with Gasteiger partial charge in [-0.2, -0.15) is 15.2 Å². The van der Waals surface area contributed by atoms with Crippen molar-refractivity contribution in [3.63, 3.8) is 0 Å². The topological polar surface area (TPSA) is 161 Å². The Bertz CT molecular complexity index is 1590. The van der Waals surface area contributed by atoms with E-state index in [2.05, 4.69) is 26.7 Å². The van der Waals surface area contributed by atoms with E-state index in [9.17, 15) is 10.1 Å². The van der Waals surface area contributed by atoms with Crippen molar-refractivity contribution in [1.29, 1.82) is 5.26 Å². The second-order valence-electron chi connectivity index (χ2n) is 8.50. The Kier molecular flexibility index (Phi) is 6.06. The number of nitriles is 1. The lowest BCUT2D eigenvalue weighted by molar-refractivity contribution is 0.729. The monoisotopic (exact) mass is 479 g/mol. The van der Waals surface area contributed by atoms with Gasteiger partial charge in [0.15, 0.2) is 5.82 Å².